The maximum absolute atomic E-state index is 12.5. The number of carbonyl (C=O) groups excluding carboxylic acids is 1. The van der Waals surface area contributed by atoms with Crippen LogP contribution in [0, 0.1) is 6.92 Å². The van der Waals surface area contributed by atoms with Crippen molar-refractivity contribution < 1.29 is 9.32 Å². The topological polar surface area (TPSA) is 103 Å². The number of benzene rings is 1. The molecule has 0 bridgehead atoms. The normalized spacial score (nSPS) is 11.7. The number of hydrogen-bond acceptors (Lipinski definition) is 6. The smallest absolute Gasteiger partial charge is 0.261 e. The first kappa shape index (κ1) is 18.2. The van der Waals surface area contributed by atoms with Crippen LogP contribution in [-0.4, -0.2) is 25.6 Å². The average Bonchev–Trinajstić information content (AvgIpc) is 3.02. The Kier molecular flexibility index (Phi) is 4.90. The number of nitrogens with zero attached hydrogens (tertiary/aromatic N) is 4. The first-order valence-electron chi connectivity index (χ1n) is 8.03. The highest BCUT2D eigenvalue weighted by Crippen LogP contribution is 2.17. The number of amides is 1. The summed E-state index contributed by atoms with van der Waals surface area (Å²) in [4.78, 5) is 33.3. The molecule has 136 valence electrons. The molecule has 0 fully saturated rings. The third-order valence-corrected chi connectivity index (χ3v) is 4.40. The molecule has 8 nitrogen and oxygen atoms in total. The third kappa shape index (κ3) is 3.82. The Bertz CT molecular complexity index is 1020. The Morgan fingerprint density at radius 1 is 1.38 bits per heavy atom. The predicted octanol–water partition coefficient (Wildman–Crippen LogP) is 2.29. The molecular weight excluding hydrogens is 402 g/mol. The molecule has 0 saturated heterocycles. The van der Waals surface area contributed by atoms with Crippen LogP contribution in [0.2, 0.25) is 0 Å². The second-order valence-electron chi connectivity index (χ2n) is 6.46. The van der Waals surface area contributed by atoms with Crippen LogP contribution in [0.1, 0.15) is 32.0 Å². The fourth-order valence-electron chi connectivity index (χ4n) is 2.53. The van der Waals surface area contributed by atoms with Gasteiger partial charge in [0.2, 0.25) is 11.8 Å². The largest absolute Gasteiger partial charge is 0.344 e. The number of nitrogens with one attached hydrogen (secondary N) is 1. The zero-order valence-electron chi connectivity index (χ0n) is 14.6. The Hall–Kier alpha value is -2.55. The summed E-state index contributed by atoms with van der Waals surface area (Å²) >= 11 is 3.35. The number of rotatable bonds is 5. The molecule has 0 aliphatic heterocycles. The van der Waals surface area contributed by atoms with Gasteiger partial charge >= 0.3 is 0 Å². The van der Waals surface area contributed by atoms with Crippen LogP contribution >= 0.6 is 15.9 Å². The summed E-state index contributed by atoms with van der Waals surface area (Å²) in [6.07, 6.45) is 1.58. The molecule has 0 spiro atoms. The zero-order chi connectivity index (χ0) is 18.9. The Balaban J connectivity index is 1.71. The molecule has 2 aromatic heterocycles. The maximum atomic E-state index is 12.5. The van der Waals surface area contributed by atoms with Gasteiger partial charge in [-0.05, 0) is 32.0 Å². The van der Waals surface area contributed by atoms with Gasteiger partial charge in [0, 0.05) is 24.4 Å². The summed E-state index contributed by atoms with van der Waals surface area (Å²) in [6, 6.07) is 5.32. The number of aryl methyl sites for hydroxylation is 2. The fraction of sp³-hybridized carbons (Fsp3) is 0.353. The standard InChI is InChI=1S/C17H18BrN5O3/c1-10-20-16(22-26-10)17(2,3)21-14(24)6-7-23-9-19-13-5-4-11(18)8-12(13)15(23)25/h4-5,8-9H,6-7H2,1-3H3,(H,21,24). The number of aromatic nitrogens is 4. The highest BCUT2D eigenvalue weighted by atomic mass is 79.9. The van der Waals surface area contributed by atoms with Crippen molar-refractivity contribution in [1.29, 1.82) is 0 Å². The van der Waals surface area contributed by atoms with E-state index in [0.717, 1.165) is 4.47 Å². The molecule has 26 heavy (non-hydrogen) atoms. The molecule has 2 heterocycles. The van der Waals surface area contributed by atoms with Crippen LogP contribution in [-0.2, 0) is 16.9 Å². The SMILES string of the molecule is Cc1nc(C(C)(C)NC(=O)CCn2cnc3ccc(Br)cc3c2=O)no1. The summed E-state index contributed by atoms with van der Waals surface area (Å²) in [5.74, 6) is 0.610. The predicted molar refractivity (Wildman–Crippen MR) is 98.5 cm³/mol. The van der Waals surface area contributed by atoms with Crippen LogP contribution < -0.4 is 10.9 Å². The van der Waals surface area contributed by atoms with Crippen LogP contribution in [0.15, 0.2) is 38.3 Å². The van der Waals surface area contributed by atoms with E-state index in [9.17, 15) is 9.59 Å². The van der Waals surface area contributed by atoms with Gasteiger partial charge in [0.1, 0.15) is 0 Å². The van der Waals surface area contributed by atoms with Gasteiger partial charge in [-0.2, -0.15) is 4.98 Å². The molecule has 1 N–H and O–H groups in total. The summed E-state index contributed by atoms with van der Waals surface area (Å²) in [5, 5.41) is 7.20. The van der Waals surface area contributed by atoms with Gasteiger partial charge in [0.25, 0.3) is 5.56 Å². The molecule has 0 aliphatic rings. The first-order valence-corrected chi connectivity index (χ1v) is 8.82. The van der Waals surface area contributed by atoms with Crippen LogP contribution in [0.4, 0.5) is 0 Å². The number of carbonyl (C=O) groups is 1. The minimum Gasteiger partial charge on any atom is -0.344 e. The van der Waals surface area contributed by atoms with E-state index in [0.29, 0.717) is 22.6 Å². The van der Waals surface area contributed by atoms with Gasteiger partial charge in [0.05, 0.1) is 22.8 Å². The van der Waals surface area contributed by atoms with Gasteiger partial charge in [-0.3, -0.25) is 14.2 Å². The number of fused-ring (bicyclic) bond motifs is 1. The highest BCUT2D eigenvalue weighted by molar-refractivity contribution is 9.10. The van der Waals surface area contributed by atoms with Crippen LogP contribution in [0.25, 0.3) is 10.9 Å². The first-order chi connectivity index (χ1) is 12.3. The lowest BCUT2D eigenvalue weighted by Crippen LogP contribution is -2.42. The molecule has 0 saturated carbocycles. The summed E-state index contributed by atoms with van der Waals surface area (Å²) in [6.45, 7) is 5.49. The second-order valence-corrected chi connectivity index (χ2v) is 7.38. The summed E-state index contributed by atoms with van der Waals surface area (Å²) < 4.78 is 7.19. The van der Waals surface area contributed by atoms with Crippen molar-refractivity contribution >= 4 is 32.7 Å². The maximum Gasteiger partial charge on any atom is 0.261 e. The Morgan fingerprint density at radius 3 is 2.85 bits per heavy atom. The molecule has 0 aliphatic carbocycles. The van der Waals surface area contributed by atoms with Crippen molar-refractivity contribution in [2.45, 2.75) is 39.3 Å². The molecule has 1 amide bonds. The number of halogens is 1. The number of hydrogen-bond donors (Lipinski definition) is 1. The van der Waals surface area contributed by atoms with Gasteiger partial charge in [-0.25, -0.2) is 4.98 Å². The second kappa shape index (κ2) is 6.99. The third-order valence-electron chi connectivity index (χ3n) is 3.90. The van der Waals surface area contributed by atoms with E-state index in [1.165, 1.54) is 10.9 Å². The lowest BCUT2D eigenvalue weighted by molar-refractivity contribution is -0.123. The van der Waals surface area contributed by atoms with E-state index in [1.54, 1.807) is 32.9 Å². The van der Waals surface area contributed by atoms with Gasteiger partial charge in [-0.1, -0.05) is 21.1 Å². The van der Waals surface area contributed by atoms with Crippen molar-refractivity contribution in [3.8, 4) is 0 Å². The molecule has 0 radical (unpaired) electrons. The lowest BCUT2D eigenvalue weighted by atomic mass is 10.0. The average molecular weight is 420 g/mol. The molecule has 1 aromatic carbocycles. The van der Waals surface area contributed by atoms with Crippen LogP contribution in [0.5, 0.6) is 0 Å². The van der Waals surface area contributed by atoms with Gasteiger partial charge in [0.15, 0.2) is 5.82 Å². The van der Waals surface area contributed by atoms with Crippen molar-refractivity contribution in [3.05, 3.63) is 51.1 Å². The minimum atomic E-state index is -0.772. The van der Waals surface area contributed by atoms with E-state index in [1.807, 2.05) is 6.07 Å². The van der Waals surface area contributed by atoms with Crippen molar-refractivity contribution in [1.82, 2.24) is 25.0 Å². The van der Waals surface area contributed by atoms with Gasteiger partial charge < -0.3 is 9.84 Å². The molecule has 3 rings (SSSR count). The van der Waals surface area contributed by atoms with E-state index >= 15 is 0 Å². The quantitative estimate of drug-likeness (QED) is 0.680. The van der Waals surface area contributed by atoms with Crippen molar-refractivity contribution in [2.75, 3.05) is 0 Å². The van der Waals surface area contributed by atoms with Crippen molar-refractivity contribution in [2.24, 2.45) is 0 Å². The molecule has 0 unspecified atom stereocenters. The Morgan fingerprint density at radius 2 is 2.15 bits per heavy atom. The monoisotopic (exact) mass is 419 g/mol. The van der Waals surface area contributed by atoms with E-state index in [4.69, 9.17) is 4.52 Å². The Labute approximate surface area is 157 Å². The van der Waals surface area contributed by atoms with Gasteiger partial charge in [-0.15, -0.1) is 0 Å². The molecule has 9 heteroatoms. The minimum absolute atomic E-state index is 0.126. The molecule has 3 aromatic rings. The molecular formula is C17H18BrN5O3. The highest BCUT2D eigenvalue weighted by Gasteiger charge is 2.28. The lowest BCUT2D eigenvalue weighted by Gasteiger charge is -2.22. The van der Waals surface area contributed by atoms with E-state index < -0.39 is 5.54 Å². The van der Waals surface area contributed by atoms with E-state index in [-0.39, 0.29) is 24.4 Å². The fourth-order valence-corrected chi connectivity index (χ4v) is 2.89. The molecule has 0 atom stereocenters. The van der Waals surface area contributed by atoms with Crippen molar-refractivity contribution in [3.63, 3.8) is 0 Å². The zero-order valence-corrected chi connectivity index (χ0v) is 16.2. The summed E-state index contributed by atoms with van der Waals surface area (Å²) in [5.41, 5.74) is -0.337. The van der Waals surface area contributed by atoms with E-state index in [2.05, 4.69) is 36.4 Å². The van der Waals surface area contributed by atoms with Crippen LogP contribution in [0.3, 0.4) is 0 Å². The summed E-state index contributed by atoms with van der Waals surface area (Å²) in [7, 11) is 0.